The van der Waals surface area contributed by atoms with Crippen molar-refractivity contribution >= 4 is 11.6 Å². The molecule has 1 aromatic rings. The van der Waals surface area contributed by atoms with Gasteiger partial charge in [-0.05, 0) is 37.4 Å². The Morgan fingerprint density at radius 1 is 1.62 bits per heavy atom. The lowest BCUT2D eigenvalue weighted by Crippen LogP contribution is -2.42. The fraction of sp³-hybridized carbons (Fsp3) is 0.545. The maximum atomic E-state index is 13.3. The zero-order valence-electron chi connectivity index (χ0n) is 9.21. The molecule has 1 aliphatic rings. The van der Waals surface area contributed by atoms with E-state index in [1.54, 1.807) is 6.20 Å². The summed E-state index contributed by atoms with van der Waals surface area (Å²) < 4.78 is 13.3. The second-order valence-electron chi connectivity index (χ2n) is 4.05. The predicted molar refractivity (Wildman–Crippen MR) is 61.8 cm³/mol. The van der Waals surface area contributed by atoms with Gasteiger partial charge in [0.1, 0.15) is 0 Å². The van der Waals surface area contributed by atoms with Crippen LogP contribution in [-0.2, 0) is 0 Å². The van der Waals surface area contributed by atoms with Gasteiger partial charge >= 0.3 is 0 Å². The van der Waals surface area contributed by atoms with Crippen molar-refractivity contribution in [2.24, 2.45) is 0 Å². The molecule has 2 rings (SSSR count). The van der Waals surface area contributed by atoms with Crippen LogP contribution in [0.4, 0.5) is 4.39 Å². The number of hydrogen-bond acceptors (Lipinski definition) is 3. The van der Waals surface area contributed by atoms with Gasteiger partial charge in [-0.25, -0.2) is 14.4 Å². The Morgan fingerprint density at radius 2 is 2.44 bits per heavy atom. The van der Waals surface area contributed by atoms with Crippen LogP contribution in [0.1, 0.15) is 24.3 Å². The molecule has 0 aromatic carbocycles. The zero-order chi connectivity index (χ0) is 11.5. The fourth-order valence-corrected chi connectivity index (χ4v) is 2.21. The first-order valence-electron chi connectivity index (χ1n) is 5.44. The van der Waals surface area contributed by atoms with Crippen molar-refractivity contribution in [2.75, 3.05) is 20.1 Å². The van der Waals surface area contributed by atoms with Gasteiger partial charge in [0.2, 0.25) is 0 Å². The van der Waals surface area contributed by atoms with Crippen molar-refractivity contribution in [1.29, 1.82) is 0 Å². The molecule has 0 aliphatic carbocycles. The third-order valence-electron chi connectivity index (χ3n) is 3.03. The lowest BCUT2D eigenvalue weighted by molar-refractivity contribution is 0.154. The number of pyridine rings is 1. The third kappa shape index (κ3) is 2.51. The van der Waals surface area contributed by atoms with Crippen LogP contribution < -0.4 is 5.43 Å². The number of nitrogens with one attached hydrogen (secondary N) is 1. The van der Waals surface area contributed by atoms with Gasteiger partial charge in [-0.1, -0.05) is 11.6 Å². The Bertz CT molecular complexity index is 372. The maximum absolute atomic E-state index is 13.3. The van der Waals surface area contributed by atoms with Crippen molar-refractivity contribution in [3.8, 4) is 0 Å². The van der Waals surface area contributed by atoms with Crippen LogP contribution in [0.5, 0.6) is 0 Å². The molecule has 16 heavy (non-hydrogen) atoms. The summed E-state index contributed by atoms with van der Waals surface area (Å²) in [4.78, 5) is 3.86. The number of piperidine rings is 1. The first-order chi connectivity index (χ1) is 7.70. The van der Waals surface area contributed by atoms with Crippen LogP contribution in [0.15, 0.2) is 12.3 Å². The summed E-state index contributed by atoms with van der Waals surface area (Å²) in [5, 5.41) is 2.09. The second-order valence-corrected chi connectivity index (χ2v) is 4.41. The Hall–Kier alpha value is -0.710. The maximum Gasteiger partial charge on any atom is 0.164 e. The Balaban J connectivity index is 2.13. The number of nitrogens with zero attached hydrogens (tertiary/aromatic N) is 2. The summed E-state index contributed by atoms with van der Waals surface area (Å²) in [6.07, 6.45) is 3.85. The van der Waals surface area contributed by atoms with E-state index in [1.165, 1.54) is 6.07 Å². The van der Waals surface area contributed by atoms with Crippen molar-refractivity contribution in [2.45, 2.75) is 18.8 Å². The van der Waals surface area contributed by atoms with Gasteiger partial charge in [-0.15, -0.1) is 0 Å². The quantitative estimate of drug-likeness (QED) is 0.808. The molecule has 0 radical (unpaired) electrons. The van der Waals surface area contributed by atoms with E-state index in [0.717, 1.165) is 31.5 Å². The fourth-order valence-electron chi connectivity index (χ4n) is 2.11. The van der Waals surface area contributed by atoms with Gasteiger partial charge in [0.05, 0.1) is 0 Å². The molecule has 0 unspecified atom stereocenters. The highest BCUT2D eigenvalue weighted by Gasteiger charge is 2.21. The highest BCUT2D eigenvalue weighted by atomic mass is 35.5. The summed E-state index contributed by atoms with van der Waals surface area (Å²) in [5.41, 5.74) is 4.06. The number of hydrogen-bond donors (Lipinski definition) is 1. The van der Waals surface area contributed by atoms with Crippen LogP contribution in [-0.4, -0.2) is 30.1 Å². The van der Waals surface area contributed by atoms with E-state index in [-0.39, 0.29) is 5.15 Å². The van der Waals surface area contributed by atoms with Crippen LogP contribution in [0.3, 0.4) is 0 Å². The minimum atomic E-state index is -0.430. The Morgan fingerprint density at radius 3 is 3.12 bits per heavy atom. The highest BCUT2D eigenvalue weighted by Crippen LogP contribution is 2.27. The van der Waals surface area contributed by atoms with Crippen molar-refractivity contribution in [3.63, 3.8) is 0 Å². The summed E-state index contributed by atoms with van der Waals surface area (Å²) in [6, 6.07) is 1.50. The summed E-state index contributed by atoms with van der Waals surface area (Å²) >= 11 is 5.57. The molecular formula is C11H15ClFN3. The molecule has 0 amide bonds. The Labute approximate surface area is 99.6 Å². The first kappa shape index (κ1) is 11.8. The lowest BCUT2D eigenvalue weighted by Gasteiger charge is -2.32. The molecule has 0 bridgehead atoms. The molecule has 0 saturated carbocycles. The van der Waals surface area contributed by atoms with E-state index < -0.39 is 5.82 Å². The predicted octanol–water partition coefficient (Wildman–Crippen LogP) is 2.19. The van der Waals surface area contributed by atoms with E-state index >= 15 is 0 Å². The standard InChI is InChI=1S/C11H15ClFN3/c1-14-16-4-2-3-8(7-16)9-5-10(13)11(12)15-6-9/h5-6,8,14H,2-4,7H2,1H3/t8-/m1/s1. The van der Waals surface area contributed by atoms with Gasteiger partial charge in [0.25, 0.3) is 0 Å². The molecule has 88 valence electrons. The molecular weight excluding hydrogens is 229 g/mol. The number of hydrazine groups is 1. The minimum Gasteiger partial charge on any atom is -0.258 e. The average Bonchev–Trinajstić information content (AvgIpc) is 2.33. The van der Waals surface area contributed by atoms with Gasteiger partial charge < -0.3 is 0 Å². The topological polar surface area (TPSA) is 28.2 Å². The normalized spacial score (nSPS) is 22.3. The van der Waals surface area contributed by atoms with Crippen LogP contribution in [0, 0.1) is 5.82 Å². The van der Waals surface area contributed by atoms with Gasteiger partial charge in [0.15, 0.2) is 11.0 Å². The Kier molecular flexibility index (Phi) is 3.74. The van der Waals surface area contributed by atoms with Crippen molar-refractivity contribution in [1.82, 2.24) is 15.4 Å². The summed E-state index contributed by atoms with van der Waals surface area (Å²) in [5.74, 6) is -0.0961. The smallest absolute Gasteiger partial charge is 0.164 e. The van der Waals surface area contributed by atoms with Gasteiger partial charge in [-0.3, -0.25) is 5.43 Å². The first-order valence-corrected chi connectivity index (χ1v) is 5.81. The van der Waals surface area contributed by atoms with Gasteiger partial charge in [-0.2, -0.15) is 0 Å². The number of aromatic nitrogens is 1. The van der Waals surface area contributed by atoms with E-state index in [1.807, 2.05) is 7.05 Å². The van der Waals surface area contributed by atoms with Crippen LogP contribution in [0.2, 0.25) is 5.15 Å². The second kappa shape index (κ2) is 5.08. The largest absolute Gasteiger partial charge is 0.258 e. The molecule has 1 aliphatic heterocycles. The van der Waals surface area contributed by atoms with Crippen LogP contribution in [0.25, 0.3) is 0 Å². The van der Waals surface area contributed by atoms with E-state index in [2.05, 4.69) is 15.4 Å². The summed E-state index contributed by atoms with van der Waals surface area (Å²) in [6.45, 7) is 1.93. The zero-order valence-corrected chi connectivity index (χ0v) is 9.97. The molecule has 3 nitrogen and oxygen atoms in total. The summed E-state index contributed by atoms with van der Waals surface area (Å²) in [7, 11) is 1.91. The van der Waals surface area contributed by atoms with Crippen LogP contribution >= 0.6 is 11.6 Å². The van der Waals surface area contributed by atoms with E-state index in [0.29, 0.717) is 5.92 Å². The minimum absolute atomic E-state index is 0.0509. The van der Waals surface area contributed by atoms with E-state index in [9.17, 15) is 4.39 Å². The monoisotopic (exact) mass is 243 g/mol. The molecule has 5 heteroatoms. The molecule has 2 heterocycles. The average molecular weight is 244 g/mol. The molecule has 1 saturated heterocycles. The van der Waals surface area contributed by atoms with Crippen molar-refractivity contribution < 1.29 is 4.39 Å². The number of halogens is 2. The van der Waals surface area contributed by atoms with Crippen molar-refractivity contribution in [3.05, 3.63) is 28.8 Å². The van der Waals surface area contributed by atoms with Gasteiger partial charge in [0, 0.05) is 19.3 Å². The molecule has 1 aromatic heterocycles. The molecule has 1 atom stereocenters. The molecule has 1 N–H and O–H groups in total. The number of rotatable bonds is 2. The third-order valence-corrected chi connectivity index (χ3v) is 3.30. The van der Waals surface area contributed by atoms with E-state index in [4.69, 9.17) is 11.6 Å². The molecule has 0 spiro atoms. The SMILES string of the molecule is CNN1CCC[C@@H](c2cnc(Cl)c(F)c2)C1. The lowest BCUT2D eigenvalue weighted by atomic mass is 9.92. The highest BCUT2D eigenvalue weighted by molar-refractivity contribution is 6.29. The molecule has 1 fully saturated rings.